The van der Waals surface area contributed by atoms with Gasteiger partial charge in [0.25, 0.3) is 10.0 Å². The van der Waals surface area contributed by atoms with E-state index in [2.05, 4.69) is 9.71 Å². The van der Waals surface area contributed by atoms with E-state index in [1.807, 2.05) is 0 Å². The normalized spacial score (nSPS) is 13.3. The predicted octanol–water partition coefficient (Wildman–Crippen LogP) is 2.28. The molecule has 0 unspecified atom stereocenters. The van der Waals surface area contributed by atoms with Crippen LogP contribution in [0.5, 0.6) is 0 Å². The summed E-state index contributed by atoms with van der Waals surface area (Å²) in [5.74, 6) is -1.22. The lowest BCUT2D eigenvalue weighted by atomic mass is 10.2. The Morgan fingerprint density at radius 1 is 1.32 bits per heavy atom. The van der Waals surface area contributed by atoms with E-state index in [-0.39, 0.29) is 17.4 Å². The number of hydrogen-bond donors (Lipinski definition) is 2. The minimum Gasteiger partial charge on any atom is -0.480 e. The van der Waals surface area contributed by atoms with Crippen molar-refractivity contribution in [3.05, 3.63) is 24.3 Å². The van der Waals surface area contributed by atoms with Gasteiger partial charge in [-0.2, -0.15) is 0 Å². The third kappa shape index (κ3) is 5.63. The fourth-order valence-electron chi connectivity index (χ4n) is 2.23. The maximum atomic E-state index is 12.5. The minimum absolute atomic E-state index is 0.0937. The second-order valence-corrected chi connectivity index (χ2v) is 10.0. The number of hydrogen-bond acceptors (Lipinski definition) is 7. The van der Waals surface area contributed by atoms with Crippen LogP contribution in [0.4, 0.5) is 4.79 Å². The molecule has 1 atom stereocenters. The molecule has 2 aromatic rings. The van der Waals surface area contributed by atoms with Crippen molar-refractivity contribution >= 4 is 43.6 Å². The highest BCUT2D eigenvalue weighted by Gasteiger charge is 2.30. The monoisotopic (exact) mass is 429 g/mol. The highest BCUT2D eigenvalue weighted by Crippen LogP contribution is 2.24. The Morgan fingerprint density at radius 3 is 2.54 bits per heavy atom. The molecule has 28 heavy (non-hydrogen) atoms. The standard InChI is InChI=1S/C17H23N3O6S2/c1-11(14(21)22)20(16(23)26-17(2,3)4)10-9-18-28(24,25)15-19-12-7-5-6-8-13(12)27-15/h5-8,11,18H,9-10H2,1-4H3,(H,21,22)/t11-/m0/s1. The number of nitrogens with zero attached hydrogens (tertiary/aromatic N) is 2. The van der Waals surface area contributed by atoms with Gasteiger partial charge in [0.1, 0.15) is 11.6 Å². The van der Waals surface area contributed by atoms with Crippen molar-refractivity contribution < 1.29 is 27.9 Å². The molecule has 0 aliphatic carbocycles. The number of benzene rings is 1. The zero-order valence-corrected chi connectivity index (χ0v) is 17.6. The Kier molecular flexibility index (Phi) is 6.63. The topological polar surface area (TPSA) is 126 Å². The number of ether oxygens (including phenoxy) is 1. The van der Waals surface area contributed by atoms with Crippen molar-refractivity contribution in [1.29, 1.82) is 0 Å². The zero-order chi connectivity index (χ0) is 21.1. The summed E-state index contributed by atoms with van der Waals surface area (Å²) in [5.41, 5.74) is -0.239. The average molecular weight is 430 g/mol. The second-order valence-electron chi connectivity index (χ2n) is 7.03. The largest absolute Gasteiger partial charge is 0.480 e. The Hall–Kier alpha value is -2.24. The molecule has 1 aromatic carbocycles. The lowest BCUT2D eigenvalue weighted by molar-refractivity contribution is -0.142. The minimum atomic E-state index is -3.89. The van der Waals surface area contributed by atoms with Crippen molar-refractivity contribution in [3.63, 3.8) is 0 Å². The molecule has 2 rings (SSSR count). The summed E-state index contributed by atoms with van der Waals surface area (Å²) in [6, 6.07) is 5.85. The first-order valence-electron chi connectivity index (χ1n) is 8.48. The fraction of sp³-hybridized carbons (Fsp3) is 0.471. The summed E-state index contributed by atoms with van der Waals surface area (Å²) >= 11 is 1.03. The molecule has 11 heteroatoms. The van der Waals surface area contributed by atoms with Gasteiger partial charge in [-0.15, -0.1) is 11.3 Å². The molecule has 0 saturated heterocycles. The van der Waals surface area contributed by atoms with Crippen molar-refractivity contribution in [1.82, 2.24) is 14.6 Å². The molecule has 9 nitrogen and oxygen atoms in total. The van der Waals surface area contributed by atoms with Gasteiger partial charge in [0.05, 0.1) is 10.2 Å². The number of aromatic nitrogens is 1. The number of carboxylic acids is 1. The smallest absolute Gasteiger partial charge is 0.411 e. The summed E-state index contributed by atoms with van der Waals surface area (Å²) in [5, 5.41) is 9.22. The number of rotatable bonds is 7. The number of carbonyl (C=O) groups is 2. The molecule has 0 saturated carbocycles. The van der Waals surface area contributed by atoms with Crippen LogP contribution in [0, 0.1) is 0 Å². The molecule has 0 aliphatic rings. The van der Waals surface area contributed by atoms with E-state index >= 15 is 0 Å². The van der Waals surface area contributed by atoms with Crippen molar-refractivity contribution in [2.75, 3.05) is 13.1 Å². The SMILES string of the molecule is C[C@@H](C(=O)O)N(CCNS(=O)(=O)c1nc2ccccc2s1)C(=O)OC(C)(C)C. The van der Waals surface area contributed by atoms with Gasteiger partial charge in [-0.05, 0) is 39.8 Å². The Bertz CT molecular complexity index is 932. The number of aliphatic carboxylic acids is 1. The molecule has 0 bridgehead atoms. The maximum absolute atomic E-state index is 12.5. The molecule has 1 amide bonds. The van der Waals surface area contributed by atoms with Gasteiger partial charge >= 0.3 is 12.1 Å². The van der Waals surface area contributed by atoms with Gasteiger partial charge < -0.3 is 9.84 Å². The van der Waals surface area contributed by atoms with E-state index in [1.54, 1.807) is 45.0 Å². The summed E-state index contributed by atoms with van der Waals surface area (Å²) in [6.07, 6.45) is -0.832. The van der Waals surface area contributed by atoms with Gasteiger partial charge in [-0.25, -0.2) is 27.7 Å². The highest BCUT2D eigenvalue weighted by atomic mass is 32.2. The van der Waals surface area contributed by atoms with Crippen LogP contribution in [-0.4, -0.2) is 60.2 Å². The maximum Gasteiger partial charge on any atom is 0.411 e. The Morgan fingerprint density at radius 2 is 1.96 bits per heavy atom. The zero-order valence-electron chi connectivity index (χ0n) is 16.0. The number of nitrogens with one attached hydrogen (secondary N) is 1. The second kappa shape index (κ2) is 8.41. The third-order valence-corrected chi connectivity index (χ3v) is 6.48. The van der Waals surface area contributed by atoms with Crippen LogP contribution in [0.25, 0.3) is 10.2 Å². The van der Waals surface area contributed by atoms with Gasteiger partial charge in [0, 0.05) is 13.1 Å². The van der Waals surface area contributed by atoms with E-state index in [0.717, 1.165) is 20.9 Å². The first-order valence-corrected chi connectivity index (χ1v) is 10.8. The molecule has 1 heterocycles. The number of carbonyl (C=O) groups excluding carboxylic acids is 1. The molecule has 0 fully saturated rings. The summed E-state index contributed by atoms with van der Waals surface area (Å²) < 4.78 is 33.2. The molecule has 2 N–H and O–H groups in total. The van der Waals surface area contributed by atoms with E-state index in [1.165, 1.54) is 6.92 Å². The predicted molar refractivity (Wildman–Crippen MR) is 105 cm³/mol. The molecule has 0 aliphatic heterocycles. The van der Waals surface area contributed by atoms with Crippen LogP contribution < -0.4 is 4.72 Å². The Balaban J connectivity index is 2.09. The molecule has 0 spiro atoms. The van der Waals surface area contributed by atoms with E-state index in [9.17, 15) is 23.1 Å². The number of amides is 1. The number of carboxylic acid groups (broad SMARTS) is 1. The van der Waals surface area contributed by atoms with Crippen molar-refractivity contribution in [3.8, 4) is 0 Å². The van der Waals surface area contributed by atoms with Crippen LogP contribution in [0.1, 0.15) is 27.7 Å². The Labute approximate surface area is 167 Å². The van der Waals surface area contributed by atoms with Crippen LogP contribution in [-0.2, 0) is 19.6 Å². The first-order chi connectivity index (χ1) is 12.9. The van der Waals surface area contributed by atoms with E-state index in [0.29, 0.717) is 5.52 Å². The first kappa shape index (κ1) is 22.1. The van der Waals surface area contributed by atoms with E-state index < -0.39 is 33.7 Å². The third-order valence-electron chi connectivity index (χ3n) is 3.60. The van der Waals surface area contributed by atoms with Crippen molar-refractivity contribution in [2.45, 2.75) is 43.7 Å². The molecule has 154 valence electrons. The molecule has 0 radical (unpaired) electrons. The lowest BCUT2D eigenvalue weighted by Gasteiger charge is -2.29. The lowest BCUT2D eigenvalue weighted by Crippen LogP contribution is -2.48. The average Bonchev–Trinajstić information content (AvgIpc) is 3.01. The highest BCUT2D eigenvalue weighted by molar-refractivity contribution is 7.91. The summed E-state index contributed by atoms with van der Waals surface area (Å²) in [6.45, 7) is 5.94. The van der Waals surface area contributed by atoms with Crippen LogP contribution in [0.15, 0.2) is 28.6 Å². The van der Waals surface area contributed by atoms with Crippen LogP contribution >= 0.6 is 11.3 Å². The number of sulfonamides is 1. The molecule has 1 aromatic heterocycles. The molecular formula is C17H23N3O6S2. The quantitative estimate of drug-likeness (QED) is 0.691. The van der Waals surface area contributed by atoms with E-state index in [4.69, 9.17) is 4.74 Å². The number of thiazole rings is 1. The van der Waals surface area contributed by atoms with Crippen LogP contribution in [0.2, 0.25) is 0 Å². The van der Waals surface area contributed by atoms with Gasteiger partial charge in [0.2, 0.25) is 4.34 Å². The fourth-order valence-corrected chi connectivity index (χ4v) is 4.51. The van der Waals surface area contributed by atoms with Gasteiger partial charge in [-0.1, -0.05) is 12.1 Å². The van der Waals surface area contributed by atoms with Gasteiger partial charge in [0.15, 0.2) is 0 Å². The van der Waals surface area contributed by atoms with Gasteiger partial charge in [-0.3, -0.25) is 4.90 Å². The summed E-state index contributed by atoms with van der Waals surface area (Å²) in [4.78, 5) is 28.7. The number of para-hydroxylation sites is 1. The van der Waals surface area contributed by atoms with Crippen molar-refractivity contribution in [2.24, 2.45) is 0 Å². The number of fused-ring (bicyclic) bond motifs is 1. The summed E-state index contributed by atoms with van der Waals surface area (Å²) in [7, 11) is -3.89. The molecular weight excluding hydrogens is 406 g/mol. The van der Waals surface area contributed by atoms with Crippen LogP contribution in [0.3, 0.4) is 0 Å².